The third kappa shape index (κ3) is 3.97. The van der Waals surface area contributed by atoms with E-state index in [1.165, 1.54) is 0 Å². The van der Waals surface area contributed by atoms with Crippen LogP contribution in [0.15, 0.2) is 30.3 Å². The topological polar surface area (TPSA) is 88.1 Å². The number of aromatic nitrogens is 2. The third-order valence-electron chi connectivity index (χ3n) is 5.14. The number of aryl methyl sites for hydroxylation is 2. The summed E-state index contributed by atoms with van der Waals surface area (Å²) < 4.78 is 1.72. The van der Waals surface area contributed by atoms with E-state index in [0.717, 1.165) is 36.2 Å². The van der Waals surface area contributed by atoms with Crippen LogP contribution in [0.25, 0.3) is 5.69 Å². The smallest absolute Gasteiger partial charge is 0.321 e. The van der Waals surface area contributed by atoms with Gasteiger partial charge >= 0.3 is 6.03 Å². The summed E-state index contributed by atoms with van der Waals surface area (Å²) in [6.45, 7) is 3.88. The van der Waals surface area contributed by atoms with Gasteiger partial charge in [0.25, 0.3) is 0 Å². The largest absolute Gasteiger partial charge is 0.357 e. The van der Waals surface area contributed by atoms with Crippen molar-refractivity contribution in [1.82, 2.24) is 20.4 Å². The number of rotatable bonds is 4. The molecule has 1 heterocycles. The van der Waals surface area contributed by atoms with Crippen molar-refractivity contribution in [2.24, 2.45) is 0 Å². The second-order valence-electron chi connectivity index (χ2n) is 7.17. The minimum absolute atomic E-state index is 0.138. The summed E-state index contributed by atoms with van der Waals surface area (Å²) in [6, 6.07) is 9.28. The summed E-state index contributed by atoms with van der Waals surface area (Å²) in [5, 5.41) is 13.0. The standard InChI is InChI=1S/C20H27N5O2/c1-14-9-5-6-10-16(14)25-17(13-15(2)24-25)22-19(27)23-20(18(26)21-3)11-7-4-8-12-20/h5-6,9-10,13H,4,7-8,11-12H2,1-3H3,(H,21,26)(H2,22,23,27). The predicted octanol–water partition coefficient (Wildman–Crippen LogP) is 3.06. The van der Waals surface area contributed by atoms with Crippen molar-refractivity contribution < 1.29 is 9.59 Å². The Bertz CT molecular complexity index is 837. The zero-order chi connectivity index (χ0) is 19.4. The zero-order valence-electron chi connectivity index (χ0n) is 16.1. The molecule has 0 saturated heterocycles. The fourth-order valence-electron chi connectivity index (χ4n) is 3.74. The van der Waals surface area contributed by atoms with Crippen LogP contribution in [0.1, 0.15) is 43.4 Å². The molecule has 7 heteroatoms. The van der Waals surface area contributed by atoms with E-state index in [1.54, 1.807) is 11.7 Å². The molecule has 0 spiro atoms. The van der Waals surface area contributed by atoms with Gasteiger partial charge in [-0.1, -0.05) is 37.5 Å². The van der Waals surface area contributed by atoms with E-state index >= 15 is 0 Å². The average molecular weight is 369 g/mol. The van der Waals surface area contributed by atoms with Crippen LogP contribution in [0.5, 0.6) is 0 Å². The van der Waals surface area contributed by atoms with E-state index < -0.39 is 11.6 Å². The number of urea groups is 1. The predicted molar refractivity (Wildman–Crippen MR) is 105 cm³/mol. The molecule has 3 amide bonds. The number of nitrogens with zero attached hydrogens (tertiary/aromatic N) is 2. The highest BCUT2D eigenvalue weighted by atomic mass is 16.2. The van der Waals surface area contributed by atoms with Gasteiger partial charge < -0.3 is 10.6 Å². The van der Waals surface area contributed by atoms with Gasteiger partial charge in [0.1, 0.15) is 11.4 Å². The maximum atomic E-state index is 12.7. The molecule has 3 N–H and O–H groups in total. The molecule has 0 aliphatic heterocycles. The van der Waals surface area contributed by atoms with E-state index in [9.17, 15) is 9.59 Å². The van der Waals surface area contributed by atoms with Crippen LogP contribution in [0, 0.1) is 13.8 Å². The molecule has 1 aliphatic rings. The summed E-state index contributed by atoms with van der Waals surface area (Å²) in [5.41, 5.74) is 1.91. The van der Waals surface area contributed by atoms with Gasteiger partial charge in [-0.2, -0.15) is 5.10 Å². The molecule has 0 atom stereocenters. The zero-order valence-corrected chi connectivity index (χ0v) is 16.1. The van der Waals surface area contributed by atoms with Crippen molar-refractivity contribution in [3.63, 3.8) is 0 Å². The highest BCUT2D eigenvalue weighted by molar-refractivity contribution is 5.95. The van der Waals surface area contributed by atoms with Gasteiger partial charge in [-0.3, -0.25) is 10.1 Å². The number of hydrogen-bond donors (Lipinski definition) is 3. The van der Waals surface area contributed by atoms with Gasteiger partial charge in [0.05, 0.1) is 11.4 Å². The van der Waals surface area contributed by atoms with Crippen LogP contribution in [0.4, 0.5) is 10.6 Å². The summed E-state index contributed by atoms with van der Waals surface area (Å²) in [7, 11) is 1.61. The van der Waals surface area contributed by atoms with Crippen LogP contribution < -0.4 is 16.0 Å². The van der Waals surface area contributed by atoms with E-state index in [4.69, 9.17) is 0 Å². The molecule has 27 heavy (non-hydrogen) atoms. The van der Waals surface area contributed by atoms with Gasteiger partial charge in [0.2, 0.25) is 5.91 Å². The number of hydrogen-bond acceptors (Lipinski definition) is 3. The Morgan fingerprint density at radius 1 is 1.11 bits per heavy atom. The fourth-order valence-corrected chi connectivity index (χ4v) is 3.74. The first-order valence-electron chi connectivity index (χ1n) is 9.39. The van der Waals surface area contributed by atoms with Crippen molar-refractivity contribution in [1.29, 1.82) is 0 Å². The molecule has 144 valence electrons. The number of likely N-dealkylation sites (N-methyl/N-ethyl adjacent to an activating group) is 1. The molecule has 0 unspecified atom stereocenters. The van der Waals surface area contributed by atoms with Crippen LogP contribution in [-0.2, 0) is 4.79 Å². The Hall–Kier alpha value is -2.83. The molecule has 3 rings (SSSR count). The maximum Gasteiger partial charge on any atom is 0.321 e. The van der Waals surface area contributed by atoms with Crippen LogP contribution in [0.3, 0.4) is 0 Å². The first-order chi connectivity index (χ1) is 12.9. The van der Waals surface area contributed by atoms with E-state index in [2.05, 4.69) is 21.0 Å². The molecule has 7 nitrogen and oxygen atoms in total. The molecule has 1 aromatic carbocycles. The minimum Gasteiger partial charge on any atom is -0.357 e. The maximum absolute atomic E-state index is 12.7. The van der Waals surface area contributed by atoms with Gasteiger partial charge in [-0.05, 0) is 38.3 Å². The second-order valence-corrected chi connectivity index (χ2v) is 7.17. The molecule has 0 bridgehead atoms. The SMILES string of the molecule is CNC(=O)C1(NC(=O)Nc2cc(C)nn2-c2ccccc2C)CCCCC1. The third-order valence-corrected chi connectivity index (χ3v) is 5.14. The molecule has 1 aliphatic carbocycles. The summed E-state index contributed by atoms with van der Waals surface area (Å²) in [5.74, 6) is 0.433. The van der Waals surface area contributed by atoms with Crippen molar-refractivity contribution >= 4 is 17.8 Å². The minimum atomic E-state index is -0.848. The number of anilines is 1. The highest BCUT2D eigenvalue weighted by Gasteiger charge is 2.40. The molecule has 0 radical (unpaired) electrons. The quantitative estimate of drug-likeness (QED) is 0.774. The first-order valence-corrected chi connectivity index (χ1v) is 9.39. The molecular formula is C20H27N5O2. The van der Waals surface area contributed by atoms with Gasteiger partial charge in [0.15, 0.2) is 0 Å². The average Bonchev–Trinajstić information content (AvgIpc) is 3.01. The lowest BCUT2D eigenvalue weighted by Crippen LogP contribution is -2.60. The van der Waals surface area contributed by atoms with Crippen molar-refractivity contribution in [2.75, 3.05) is 12.4 Å². The molecule has 1 fully saturated rings. The molecular weight excluding hydrogens is 342 g/mol. The van der Waals surface area contributed by atoms with Gasteiger partial charge in [0, 0.05) is 13.1 Å². The Morgan fingerprint density at radius 2 is 1.81 bits per heavy atom. The van der Waals surface area contributed by atoms with Crippen molar-refractivity contribution in [3.8, 4) is 5.69 Å². The second kappa shape index (κ2) is 7.82. The monoisotopic (exact) mass is 369 g/mol. The van der Waals surface area contributed by atoms with Crippen molar-refractivity contribution in [3.05, 3.63) is 41.6 Å². The van der Waals surface area contributed by atoms with E-state index in [1.807, 2.05) is 44.2 Å². The van der Waals surface area contributed by atoms with E-state index in [0.29, 0.717) is 18.7 Å². The summed E-state index contributed by atoms with van der Waals surface area (Å²) in [6.07, 6.45) is 4.23. The number of para-hydroxylation sites is 1. The number of benzene rings is 1. The Kier molecular flexibility index (Phi) is 5.48. The first kappa shape index (κ1) is 18.9. The normalized spacial score (nSPS) is 15.8. The molecule has 1 saturated carbocycles. The lowest BCUT2D eigenvalue weighted by molar-refractivity contribution is -0.128. The summed E-state index contributed by atoms with van der Waals surface area (Å²) >= 11 is 0. The van der Waals surface area contributed by atoms with E-state index in [-0.39, 0.29) is 5.91 Å². The Morgan fingerprint density at radius 3 is 2.48 bits per heavy atom. The number of carbonyl (C=O) groups excluding carboxylic acids is 2. The van der Waals surface area contributed by atoms with Crippen LogP contribution in [0.2, 0.25) is 0 Å². The number of carbonyl (C=O) groups is 2. The lowest BCUT2D eigenvalue weighted by Gasteiger charge is -2.36. The number of amides is 3. The van der Waals surface area contributed by atoms with Crippen LogP contribution in [-0.4, -0.2) is 34.3 Å². The fraction of sp³-hybridized carbons (Fsp3) is 0.450. The highest BCUT2D eigenvalue weighted by Crippen LogP contribution is 2.29. The van der Waals surface area contributed by atoms with Crippen LogP contribution >= 0.6 is 0 Å². The van der Waals surface area contributed by atoms with Gasteiger partial charge in [-0.25, -0.2) is 9.48 Å². The Labute approximate surface area is 159 Å². The Balaban J connectivity index is 1.82. The van der Waals surface area contributed by atoms with Crippen molar-refractivity contribution in [2.45, 2.75) is 51.5 Å². The molecule has 2 aromatic rings. The lowest BCUT2D eigenvalue weighted by atomic mass is 9.81. The molecule has 1 aromatic heterocycles. The summed E-state index contributed by atoms with van der Waals surface area (Å²) in [4.78, 5) is 25.2. The van der Waals surface area contributed by atoms with Gasteiger partial charge in [-0.15, -0.1) is 0 Å². The number of nitrogens with one attached hydrogen (secondary N) is 3.